The van der Waals surface area contributed by atoms with Crippen LogP contribution in [0.25, 0.3) is 11.3 Å². The number of carbonyl (C=O) groups is 1. The van der Waals surface area contributed by atoms with E-state index in [2.05, 4.69) is 56.7 Å². The molecule has 0 saturated carbocycles. The van der Waals surface area contributed by atoms with Crippen molar-refractivity contribution in [2.75, 3.05) is 44.2 Å². The highest BCUT2D eigenvalue weighted by Crippen LogP contribution is 2.42. The number of thioether (sulfide) groups is 1. The molecule has 160 valence electrons. The van der Waals surface area contributed by atoms with E-state index in [1.165, 1.54) is 10.6 Å². The van der Waals surface area contributed by atoms with Crippen molar-refractivity contribution < 1.29 is 9.32 Å². The lowest BCUT2D eigenvalue weighted by Crippen LogP contribution is -2.47. The topological polar surface area (TPSA) is 61.6 Å². The fourth-order valence-corrected chi connectivity index (χ4v) is 5.28. The normalized spacial score (nSPS) is 15.9. The van der Waals surface area contributed by atoms with Gasteiger partial charge in [-0.25, -0.2) is 0 Å². The number of para-hydroxylation sites is 1. The van der Waals surface area contributed by atoms with Crippen molar-refractivity contribution in [1.82, 2.24) is 15.4 Å². The molecule has 3 aromatic rings. The smallest absolute Gasteiger partial charge is 0.273 e. The molecule has 1 N–H and O–H groups in total. The lowest BCUT2D eigenvalue weighted by atomic mass is 10.1. The Morgan fingerprint density at radius 1 is 1.03 bits per heavy atom. The third-order valence-corrected chi connectivity index (χ3v) is 7.04. The van der Waals surface area contributed by atoms with Crippen LogP contribution in [0.1, 0.15) is 22.5 Å². The molecule has 0 bridgehead atoms. The largest absolute Gasteiger partial charge is 0.369 e. The first kappa shape index (κ1) is 20.2. The number of carbonyl (C=O) groups excluding carboxylic acids is 1. The van der Waals surface area contributed by atoms with Gasteiger partial charge in [-0.15, -0.1) is 11.8 Å². The fraction of sp³-hybridized carbons (Fsp3) is 0.333. The predicted molar refractivity (Wildman–Crippen MR) is 124 cm³/mol. The predicted octanol–water partition coefficient (Wildman–Crippen LogP) is 3.89. The number of fused-ring (bicyclic) bond motifs is 3. The van der Waals surface area contributed by atoms with Crippen LogP contribution in [-0.2, 0) is 5.75 Å². The van der Waals surface area contributed by atoms with Crippen LogP contribution < -0.4 is 10.2 Å². The summed E-state index contributed by atoms with van der Waals surface area (Å²) in [5, 5.41) is 7.11. The zero-order chi connectivity index (χ0) is 21.0. The van der Waals surface area contributed by atoms with Gasteiger partial charge in [-0.05, 0) is 37.2 Å². The van der Waals surface area contributed by atoms with Crippen LogP contribution in [0.2, 0.25) is 0 Å². The Balaban J connectivity index is 1.09. The van der Waals surface area contributed by atoms with Crippen molar-refractivity contribution in [3.8, 4) is 11.3 Å². The minimum absolute atomic E-state index is 0.140. The molecular formula is C24H26N4O2S. The number of anilines is 1. The summed E-state index contributed by atoms with van der Waals surface area (Å²) in [5.74, 6) is 1.30. The average Bonchev–Trinajstić information content (AvgIpc) is 3.28. The lowest BCUT2D eigenvalue weighted by Gasteiger charge is -2.36. The highest BCUT2D eigenvalue weighted by atomic mass is 32.2. The number of hydrogen-bond donors (Lipinski definition) is 1. The van der Waals surface area contributed by atoms with Crippen LogP contribution >= 0.6 is 11.8 Å². The molecule has 3 heterocycles. The van der Waals surface area contributed by atoms with Crippen molar-refractivity contribution in [3.63, 3.8) is 0 Å². The van der Waals surface area contributed by atoms with Crippen LogP contribution in [0.4, 0.5) is 5.69 Å². The summed E-state index contributed by atoms with van der Waals surface area (Å²) in [6.07, 6.45) is 0.925. The van der Waals surface area contributed by atoms with Gasteiger partial charge in [-0.3, -0.25) is 9.69 Å². The second-order valence-electron chi connectivity index (χ2n) is 7.90. The maximum Gasteiger partial charge on any atom is 0.273 e. The Bertz CT molecular complexity index is 1040. The second-order valence-corrected chi connectivity index (χ2v) is 8.91. The highest BCUT2D eigenvalue weighted by molar-refractivity contribution is 7.98. The van der Waals surface area contributed by atoms with Crippen molar-refractivity contribution in [2.45, 2.75) is 17.1 Å². The number of aromatic nitrogens is 1. The zero-order valence-electron chi connectivity index (χ0n) is 17.4. The minimum Gasteiger partial charge on any atom is -0.369 e. The third kappa shape index (κ3) is 4.34. The molecule has 7 heteroatoms. The lowest BCUT2D eigenvalue weighted by molar-refractivity contribution is 0.0942. The van der Waals surface area contributed by atoms with E-state index in [0.717, 1.165) is 56.0 Å². The van der Waals surface area contributed by atoms with Crippen LogP contribution in [0, 0.1) is 0 Å². The number of hydrogen-bond acceptors (Lipinski definition) is 6. The molecule has 5 rings (SSSR count). The summed E-state index contributed by atoms with van der Waals surface area (Å²) in [7, 11) is 0. The monoisotopic (exact) mass is 434 g/mol. The first-order valence-corrected chi connectivity index (χ1v) is 11.8. The van der Waals surface area contributed by atoms with Gasteiger partial charge in [-0.2, -0.15) is 0 Å². The molecule has 0 spiro atoms. The van der Waals surface area contributed by atoms with E-state index in [0.29, 0.717) is 18.0 Å². The van der Waals surface area contributed by atoms with E-state index in [1.807, 2.05) is 18.2 Å². The number of nitrogens with one attached hydrogen (secondary N) is 1. The number of rotatable bonds is 6. The van der Waals surface area contributed by atoms with Gasteiger partial charge in [-0.1, -0.05) is 35.5 Å². The summed E-state index contributed by atoms with van der Waals surface area (Å²) in [5.41, 5.74) is 3.65. The highest BCUT2D eigenvalue weighted by Gasteiger charge is 2.27. The van der Waals surface area contributed by atoms with Crippen molar-refractivity contribution in [1.29, 1.82) is 0 Å². The maximum absolute atomic E-state index is 12.7. The summed E-state index contributed by atoms with van der Waals surface area (Å²) in [6, 6.07) is 18.7. The Labute approximate surface area is 186 Å². The quantitative estimate of drug-likeness (QED) is 0.594. The van der Waals surface area contributed by atoms with Gasteiger partial charge in [0.25, 0.3) is 5.91 Å². The van der Waals surface area contributed by atoms with Gasteiger partial charge in [0, 0.05) is 60.2 Å². The van der Waals surface area contributed by atoms with E-state index in [4.69, 9.17) is 4.52 Å². The van der Waals surface area contributed by atoms with Gasteiger partial charge in [0.1, 0.15) is 0 Å². The summed E-state index contributed by atoms with van der Waals surface area (Å²) in [4.78, 5) is 18.8. The van der Waals surface area contributed by atoms with Crippen LogP contribution in [0.5, 0.6) is 0 Å². The number of benzene rings is 2. The molecule has 1 aromatic heterocycles. The SMILES string of the molecule is O=C(NCCCN1CCN(c2ccccc2)CC1)c1noc2c1CSc1ccccc1-2. The van der Waals surface area contributed by atoms with Crippen molar-refractivity contribution in [3.05, 3.63) is 65.9 Å². The molecule has 31 heavy (non-hydrogen) atoms. The van der Waals surface area contributed by atoms with E-state index in [-0.39, 0.29) is 5.91 Å². The number of nitrogens with zero attached hydrogens (tertiary/aromatic N) is 3. The Morgan fingerprint density at radius 3 is 2.65 bits per heavy atom. The van der Waals surface area contributed by atoms with Gasteiger partial charge in [0.2, 0.25) is 0 Å². The van der Waals surface area contributed by atoms with Gasteiger partial charge < -0.3 is 14.7 Å². The first-order valence-electron chi connectivity index (χ1n) is 10.8. The van der Waals surface area contributed by atoms with Crippen molar-refractivity contribution in [2.24, 2.45) is 0 Å². The first-order chi connectivity index (χ1) is 15.3. The zero-order valence-corrected chi connectivity index (χ0v) is 18.2. The van der Waals surface area contributed by atoms with E-state index < -0.39 is 0 Å². The molecule has 0 radical (unpaired) electrons. The summed E-state index contributed by atoms with van der Waals surface area (Å²) >= 11 is 1.72. The average molecular weight is 435 g/mol. The molecule has 2 aromatic carbocycles. The third-order valence-electron chi connectivity index (χ3n) is 5.94. The molecule has 1 saturated heterocycles. The molecule has 1 fully saturated rings. The summed E-state index contributed by atoms with van der Waals surface area (Å²) < 4.78 is 5.55. The summed E-state index contributed by atoms with van der Waals surface area (Å²) in [6.45, 7) is 5.82. The Hall–Kier alpha value is -2.77. The molecule has 0 aliphatic carbocycles. The number of piperazine rings is 1. The molecule has 2 aliphatic rings. The minimum atomic E-state index is -0.140. The molecule has 0 atom stereocenters. The molecular weight excluding hydrogens is 408 g/mol. The van der Waals surface area contributed by atoms with Gasteiger partial charge >= 0.3 is 0 Å². The van der Waals surface area contributed by atoms with Crippen LogP contribution in [-0.4, -0.2) is 55.2 Å². The molecule has 0 unspecified atom stereocenters. The van der Waals surface area contributed by atoms with E-state index >= 15 is 0 Å². The standard InChI is InChI=1S/C24H26N4O2S/c29-24(22-20-17-31-21-10-5-4-9-19(21)23(20)30-26-22)25-11-6-12-27-13-15-28(16-14-27)18-7-2-1-3-8-18/h1-5,7-10H,6,11-17H2,(H,25,29). The molecule has 6 nitrogen and oxygen atoms in total. The second kappa shape index (κ2) is 9.16. The van der Waals surface area contributed by atoms with Crippen molar-refractivity contribution >= 4 is 23.4 Å². The van der Waals surface area contributed by atoms with Crippen LogP contribution in [0.3, 0.4) is 0 Å². The maximum atomic E-state index is 12.7. The van der Waals surface area contributed by atoms with Gasteiger partial charge in [0.15, 0.2) is 11.5 Å². The Morgan fingerprint density at radius 2 is 1.81 bits per heavy atom. The molecule has 2 aliphatic heterocycles. The molecule has 1 amide bonds. The Kier molecular flexibility index (Phi) is 5.95. The van der Waals surface area contributed by atoms with E-state index in [1.54, 1.807) is 11.8 Å². The van der Waals surface area contributed by atoms with E-state index in [9.17, 15) is 4.79 Å². The van der Waals surface area contributed by atoms with Gasteiger partial charge in [0.05, 0.1) is 0 Å². The fourth-order valence-electron chi connectivity index (χ4n) is 4.22. The number of amides is 1. The van der Waals surface area contributed by atoms with Crippen LogP contribution in [0.15, 0.2) is 64.0 Å².